The molecule has 0 aromatic heterocycles. The van der Waals surface area contributed by atoms with Crippen LogP contribution in [0.25, 0.3) is 0 Å². The topological polar surface area (TPSA) is 29.3 Å². The molecular weight excluding hydrogens is 184 g/mol. The Bertz CT molecular complexity index is 277. The van der Waals surface area contributed by atoms with Gasteiger partial charge in [0.1, 0.15) is 0 Å². The zero-order chi connectivity index (χ0) is 11.3. The van der Waals surface area contributed by atoms with E-state index in [0.717, 1.165) is 13.0 Å². The molecule has 0 unspecified atom stereocenters. The van der Waals surface area contributed by atoms with Crippen LogP contribution in [0.3, 0.4) is 0 Å². The van der Waals surface area contributed by atoms with Gasteiger partial charge in [-0.25, -0.2) is 0 Å². The fourth-order valence-electron chi connectivity index (χ4n) is 1.75. The van der Waals surface area contributed by atoms with Crippen molar-refractivity contribution < 1.29 is 0 Å². The first kappa shape index (κ1) is 12.1. The molecule has 2 nitrogen and oxygen atoms in total. The van der Waals surface area contributed by atoms with Crippen molar-refractivity contribution in [3.05, 3.63) is 29.8 Å². The second-order valence-electron chi connectivity index (χ2n) is 4.10. The zero-order valence-electron chi connectivity index (χ0n) is 10.0. The van der Waals surface area contributed by atoms with Gasteiger partial charge < -0.3 is 10.6 Å². The van der Waals surface area contributed by atoms with E-state index in [1.807, 2.05) is 0 Å². The van der Waals surface area contributed by atoms with Crippen LogP contribution >= 0.6 is 0 Å². The lowest BCUT2D eigenvalue weighted by Gasteiger charge is -2.28. The monoisotopic (exact) mass is 206 g/mol. The Morgan fingerprint density at radius 1 is 1.20 bits per heavy atom. The summed E-state index contributed by atoms with van der Waals surface area (Å²) in [7, 11) is 0. The number of rotatable bonds is 5. The minimum absolute atomic E-state index is 0.501. The predicted octanol–water partition coefficient (Wildman–Crippen LogP) is 2.42. The number of nitrogens with zero attached hydrogens (tertiary/aromatic N) is 1. The normalized spacial score (nSPS) is 10.7. The molecule has 0 aliphatic heterocycles. The molecule has 0 atom stereocenters. The van der Waals surface area contributed by atoms with Crippen molar-refractivity contribution in [2.24, 2.45) is 5.73 Å². The van der Waals surface area contributed by atoms with E-state index in [4.69, 9.17) is 5.73 Å². The smallest absolute Gasteiger partial charge is 0.0369 e. The lowest BCUT2D eigenvalue weighted by Crippen LogP contribution is -2.35. The molecule has 2 N–H and O–H groups in total. The van der Waals surface area contributed by atoms with Crippen LogP contribution in [0.5, 0.6) is 0 Å². The molecule has 0 heterocycles. The van der Waals surface area contributed by atoms with E-state index in [9.17, 15) is 0 Å². The summed E-state index contributed by atoms with van der Waals surface area (Å²) in [5.41, 5.74) is 8.27. The van der Waals surface area contributed by atoms with Crippen molar-refractivity contribution in [3.63, 3.8) is 0 Å². The first-order valence-electron chi connectivity index (χ1n) is 5.74. The molecule has 0 saturated heterocycles. The van der Waals surface area contributed by atoms with Crippen molar-refractivity contribution in [1.82, 2.24) is 0 Å². The van der Waals surface area contributed by atoms with Crippen molar-refractivity contribution in [2.75, 3.05) is 18.0 Å². The van der Waals surface area contributed by atoms with Gasteiger partial charge in [0.05, 0.1) is 0 Å². The number of anilines is 1. The highest BCUT2D eigenvalue weighted by Crippen LogP contribution is 2.17. The molecule has 2 heteroatoms. The van der Waals surface area contributed by atoms with Gasteiger partial charge in [0.25, 0.3) is 0 Å². The first-order valence-corrected chi connectivity index (χ1v) is 5.74. The van der Waals surface area contributed by atoms with E-state index < -0.39 is 0 Å². The Hall–Kier alpha value is -1.02. The molecule has 0 fully saturated rings. The van der Waals surface area contributed by atoms with E-state index >= 15 is 0 Å². The van der Waals surface area contributed by atoms with Crippen LogP contribution in [-0.2, 0) is 6.42 Å². The Morgan fingerprint density at radius 2 is 1.80 bits per heavy atom. The van der Waals surface area contributed by atoms with E-state index in [-0.39, 0.29) is 0 Å². The molecule has 15 heavy (non-hydrogen) atoms. The molecule has 0 amide bonds. The van der Waals surface area contributed by atoms with Crippen LogP contribution in [0, 0.1) is 0 Å². The largest absolute Gasteiger partial charge is 0.368 e. The molecule has 0 radical (unpaired) electrons. The van der Waals surface area contributed by atoms with Crippen LogP contribution in [0.1, 0.15) is 26.3 Å². The SMILES string of the molecule is CCc1ccc(N(CCN)C(C)C)cc1. The summed E-state index contributed by atoms with van der Waals surface area (Å²) in [4.78, 5) is 2.33. The van der Waals surface area contributed by atoms with Gasteiger partial charge in [0.15, 0.2) is 0 Å². The molecular formula is C13H22N2. The van der Waals surface area contributed by atoms with Gasteiger partial charge >= 0.3 is 0 Å². The molecule has 0 spiro atoms. The molecule has 84 valence electrons. The van der Waals surface area contributed by atoms with E-state index in [0.29, 0.717) is 12.6 Å². The number of nitrogens with two attached hydrogens (primary N) is 1. The fourth-order valence-corrected chi connectivity index (χ4v) is 1.75. The Morgan fingerprint density at radius 3 is 2.20 bits per heavy atom. The highest BCUT2D eigenvalue weighted by molar-refractivity contribution is 5.48. The predicted molar refractivity (Wildman–Crippen MR) is 67.4 cm³/mol. The fraction of sp³-hybridized carbons (Fsp3) is 0.538. The third kappa shape index (κ3) is 3.24. The van der Waals surface area contributed by atoms with Crippen molar-refractivity contribution in [2.45, 2.75) is 33.2 Å². The highest BCUT2D eigenvalue weighted by atomic mass is 15.2. The maximum Gasteiger partial charge on any atom is 0.0369 e. The summed E-state index contributed by atoms with van der Waals surface area (Å²) in [5, 5.41) is 0. The maximum atomic E-state index is 5.62. The average molecular weight is 206 g/mol. The van der Waals surface area contributed by atoms with Crippen LogP contribution in [0.2, 0.25) is 0 Å². The summed E-state index contributed by atoms with van der Waals surface area (Å²) in [6.45, 7) is 8.19. The summed E-state index contributed by atoms with van der Waals surface area (Å²) in [6, 6.07) is 9.27. The molecule has 1 rings (SSSR count). The van der Waals surface area contributed by atoms with E-state index in [1.165, 1.54) is 11.3 Å². The maximum absolute atomic E-state index is 5.62. The van der Waals surface area contributed by atoms with Gasteiger partial charge in [-0.3, -0.25) is 0 Å². The second-order valence-corrected chi connectivity index (χ2v) is 4.10. The third-order valence-electron chi connectivity index (χ3n) is 2.67. The van der Waals surface area contributed by atoms with Gasteiger partial charge in [-0.2, -0.15) is 0 Å². The minimum Gasteiger partial charge on any atom is -0.368 e. The van der Waals surface area contributed by atoms with Crippen molar-refractivity contribution in [1.29, 1.82) is 0 Å². The summed E-state index contributed by atoms with van der Waals surface area (Å²) in [5.74, 6) is 0. The van der Waals surface area contributed by atoms with E-state index in [2.05, 4.69) is 49.9 Å². The quantitative estimate of drug-likeness (QED) is 0.801. The van der Waals surface area contributed by atoms with Gasteiger partial charge in [0.2, 0.25) is 0 Å². The average Bonchev–Trinajstić information content (AvgIpc) is 2.26. The zero-order valence-corrected chi connectivity index (χ0v) is 10.0. The molecule has 0 aliphatic carbocycles. The molecule has 1 aromatic rings. The van der Waals surface area contributed by atoms with Crippen molar-refractivity contribution in [3.8, 4) is 0 Å². The molecule has 0 bridgehead atoms. The molecule has 1 aromatic carbocycles. The lowest BCUT2D eigenvalue weighted by atomic mass is 10.1. The number of aryl methyl sites for hydroxylation is 1. The summed E-state index contributed by atoms with van der Waals surface area (Å²) < 4.78 is 0. The van der Waals surface area contributed by atoms with Crippen LogP contribution in [0.4, 0.5) is 5.69 Å². The second kappa shape index (κ2) is 5.76. The Balaban J connectivity index is 2.81. The minimum atomic E-state index is 0.501. The standard InChI is InChI=1S/C13H22N2/c1-4-12-5-7-13(8-6-12)15(10-9-14)11(2)3/h5-8,11H,4,9-10,14H2,1-3H3. The van der Waals surface area contributed by atoms with Crippen LogP contribution < -0.4 is 10.6 Å². The number of hydrogen-bond acceptors (Lipinski definition) is 2. The molecule has 0 saturated carbocycles. The van der Waals surface area contributed by atoms with Crippen LogP contribution in [0.15, 0.2) is 24.3 Å². The highest BCUT2D eigenvalue weighted by Gasteiger charge is 2.08. The Labute approximate surface area is 93.1 Å². The van der Waals surface area contributed by atoms with Gasteiger partial charge in [-0.05, 0) is 38.0 Å². The van der Waals surface area contributed by atoms with Gasteiger partial charge in [-0.1, -0.05) is 19.1 Å². The Kier molecular flexibility index (Phi) is 4.63. The van der Waals surface area contributed by atoms with Gasteiger partial charge in [-0.15, -0.1) is 0 Å². The number of hydrogen-bond donors (Lipinski definition) is 1. The molecule has 0 aliphatic rings. The summed E-state index contributed by atoms with van der Waals surface area (Å²) in [6.07, 6.45) is 1.10. The summed E-state index contributed by atoms with van der Waals surface area (Å²) >= 11 is 0. The third-order valence-corrected chi connectivity index (χ3v) is 2.67. The first-order chi connectivity index (χ1) is 7.19. The number of benzene rings is 1. The van der Waals surface area contributed by atoms with Gasteiger partial charge in [0, 0.05) is 24.8 Å². The van der Waals surface area contributed by atoms with E-state index in [1.54, 1.807) is 0 Å². The van der Waals surface area contributed by atoms with Crippen LogP contribution in [-0.4, -0.2) is 19.1 Å². The lowest BCUT2D eigenvalue weighted by molar-refractivity contribution is 0.684. The van der Waals surface area contributed by atoms with Crippen molar-refractivity contribution >= 4 is 5.69 Å².